The van der Waals surface area contributed by atoms with Crippen molar-refractivity contribution in [2.75, 3.05) is 19.7 Å². The number of carbonyl (C=O) groups excluding carboxylic acids is 1. The molecule has 1 aromatic rings. The summed E-state index contributed by atoms with van der Waals surface area (Å²) in [5.74, 6) is 0.629. The number of likely N-dealkylation sites (tertiary alicyclic amines) is 1. The van der Waals surface area contributed by atoms with Gasteiger partial charge >= 0.3 is 5.97 Å². The van der Waals surface area contributed by atoms with Gasteiger partial charge in [-0.25, -0.2) is 0 Å². The molecule has 19 heavy (non-hydrogen) atoms. The molecular formula is C16H21NO2. The molecule has 0 amide bonds. The van der Waals surface area contributed by atoms with Crippen LogP contribution in [0.1, 0.15) is 36.3 Å². The van der Waals surface area contributed by atoms with E-state index in [2.05, 4.69) is 36.1 Å². The molecule has 0 radical (unpaired) electrons. The Kier molecular flexibility index (Phi) is 3.56. The number of ether oxygens (including phenoxy) is 1. The molecule has 1 atom stereocenters. The standard InChI is InChI=1S/C16H21NO2/c1-12-4-2-3-5-14(12)13-6-9-17(10-7-13)15-8-11-19-16(15)18/h2-5,13,15H,6-11H2,1H3/t15-/m0/s1. The summed E-state index contributed by atoms with van der Waals surface area (Å²) < 4.78 is 5.07. The average molecular weight is 259 g/mol. The van der Waals surface area contributed by atoms with Crippen LogP contribution in [-0.4, -0.2) is 36.6 Å². The number of carbonyl (C=O) groups is 1. The van der Waals surface area contributed by atoms with Crippen LogP contribution in [0.3, 0.4) is 0 Å². The van der Waals surface area contributed by atoms with Gasteiger partial charge in [0.2, 0.25) is 0 Å². The second-order valence-electron chi connectivity index (χ2n) is 5.64. The van der Waals surface area contributed by atoms with E-state index >= 15 is 0 Å². The summed E-state index contributed by atoms with van der Waals surface area (Å²) in [4.78, 5) is 13.9. The number of hydrogen-bond acceptors (Lipinski definition) is 3. The zero-order valence-electron chi connectivity index (χ0n) is 11.5. The summed E-state index contributed by atoms with van der Waals surface area (Å²) in [6.45, 7) is 4.81. The van der Waals surface area contributed by atoms with Crippen molar-refractivity contribution >= 4 is 5.97 Å². The number of piperidine rings is 1. The first-order chi connectivity index (χ1) is 9.25. The maximum atomic E-state index is 11.6. The van der Waals surface area contributed by atoms with E-state index in [1.54, 1.807) is 0 Å². The molecule has 0 aliphatic carbocycles. The number of rotatable bonds is 2. The van der Waals surface area contributed by atoms with E-state index in [-0.39, 0.29) is 12.0 Å². The van der Waals surface area contributed by atoms with E-state index in [0.717, 1.165) is 32.4 Å². The van der Waals surface area contributed by atoms with Crippen LogP contribution in [0.15, 0.2) is 24.3 Å². The first kappa shape index (κ1) is 12.7. The van der Waals surface area contributed by atoms with Crippen LogP contribution in [0.25, 0.3) is 0 Å². The molecule has 0 spiro atoms. The molecular weight excluding hydrogens is 238 g/mol. The van der Waals surface area contributed by atoms with Crippen molar-refractivity contribution in [1.82, 2.24) is 4.90 Å². The third-order valence-electron chi connectivity index (χ3n) is 4.51. The molecule has 3 heteroatoms. The van der Waals surface area contributed by atoms with Crippen molar-refractivity contribution in [3.8, 4) is 0 Å². The number of cyclic esters (lactones) is 1. The second-order valence-corrected chi connectivity index (χ2v) is 5.64. The highest BCUT2D eigenvalue weighted by molar-refractivity contribution is 5.77. The molecule has 0 unspecified atom stereocenters. The molecule has 2 aliphatic heterocycles. The number of nitrogens with zero attached hydrogens (tertiary/aromatic N) is 1. The van der Waals surface area contributed by atoms with Gasteiger partial charge in [0.1, 0.15) is 6.04 Å². The molecule has 1 aromatic carbocycles. The van der Waals surface area contributed by atoms with Crippen LogP contribution >= 0.6 is 0 Å². The normalized spacial score (nSPS) is 25.5. The molecule has 0 bridgehead atoms. The molecule has 2 aliphatic rings. The van der Waals surface area contributed by atoms with Gasteiger partial charge in [-0.15, -0.1) is 0 Å². The number of esters is 1. The van der Waals surface area contributed by atoms with Crippen molar-refractivity contribution in [2.45, 2.75) is 38.1 Å². The highest BCUT2D eigenvalue weighted by Gasteiger charge is 2.34. The summed E-state index contributed by atoms with van der Waals surface area (Å²) in [5, 5.41) is 0. The summed E-state index contributed by atoms with van der Waals surface area (Å²) in [7, 11) is 0. The van der Waals surface area contributed by atoms with Gasteiger partial charge in [0, 0.05) is 6.42 Å². The van der Waals surface area contributed by atoms with Crippen LogP contribution in [-0.2, 0) is 9.53 Å². The highest BCUT2D eigenvalue weighted by Crippen LogP contribution is 2.31. The van der Waals surface area contributed by atoms with E-state index in [9.17, 15) is 4.79 Å². The van der Waals surface area contributed by atoms with E-state index in [1.807, 2.05) is 0 Å². The fourth-order valence-corrected chi connectivity index (χ4v) is 3.38. The second kappa shape index (κ2) is 5.33. The largest absolute Gasteiger partial charge is 0.464 e. The minimum Gasteiger partial charge on any atom is -0.464 e. The van der Waals surface area contributed by atoms with Crippen molar-refractivity contribution in [2.24, 2.45) is 0 Å². The summed E-state index contributed by atoms with van der Waals surface area (Å²) >= 11 is 0. The van der Waals surface area contributed by atoms with Gasteiger partial charge in [-0.1, -0.05) is 24.3 Å². The maximum absolute atomic E-state index is 11.6. The van der Waals surface area contributed by atoms with Crippen LogP contribution in [0, 0.1) is 6.92 Å². The van der Waals surface area contributed by atoms with E-state index in [4.69, 9.17) is 4.74 Å². The first-order valence-corrected chi connectivity index (χ1v) is 7.22. The van der Waals surface area contributed by atoms with Gasteiger partial charge in [-0.2, -0.15) is 0 Å². The third kappa shape index (κ3) is 2.52. The molecule has 2 saturated heterocycles. The van der Waals surface area contributed by atoms with Gasteiger partial charge in [0.25, 0.3) is 0 Å². The summed E-state index contributed by atoms with van der Waals surface area (Å²) in [6.07, 6.45) is 3.16. The molecule has 2 heterocycles. The SMILES string of the molecule is Cc1ccccc1C1CCN([C@H]2CCOC2=O)CC1. The monoisotopic (exact) mass is 259 g/mol. The lowest BCUT2D eigenvalue weighted by Gasteiger charge is -2.34. The Bertz CT molecular complexity index is 464. The minimum absolute atomic E-state index is 0.0191. The van der Waals surface area contributed by atoms with E-state index in [0.29, 0.717) is 12.5 Å². The Morgan fingerprint density at radius 3 is 2.53 bits per heavy atom. The van der Waals surface area contributed by atoms with Gasteiger partial charge in [-0.05, 0) is 49.9 Å². The number of aryl methyl sites for hydroxylation is 1. The smallest absolute Gasteiger partial charge is 0.323 e. The molecule has 0 aromatic heterocycles. The minimum atomic E-state index is -0.0191. The van der Waals surface area contributed by atoms with Gasteiger partial charge in [-0.3, -0.25) is 9.69 Å². The maximum Gasteiger partial charge on any atom is 0.323 e. The van der Waals surface area contributed by atoms with E-state index in [1.165, 1.54) is 11.1 Å². The molecule has 102 valence electrons. The zero-order valence-corrected chi connectivity index (χ0v) is 11.5. The Hall–Kier alpha value is -1.35. The zero-order chi connectivity index (χ0) is 13.2. The fourth-order valence-electron chi connectivity index (χ4n) is 3.38. The third-order valence-corrected chi connectivity index (χ3v) is 4.51. The lowest BCUT2D eigenvalue weighted by atomic mass is 9.86. The lowest BCUT2D eigenvalue weighted by Crippen LogP contribution is -2.43. The molecule has 2 fully saturated rings. The lowest BCUT2D eigenvalue weighted by molar-refractivity contribution is -0.142. The van der Waals surface area contributed by atoms with E-state index < -0.39 is 0 Å². The Labute approximate surface area is 114 Å². The van der Waals surface area contributed by atoms with Crippen LogP contribution in [0.4, 0.5) is 0 Å². The predicted molar refractivity (Wildman–Crippen MR) is 74.1 cm³/mol. The number of benzene rings is 1. The fraction of sp³-hybridized carbons (Fsp3) is 0.562. The molecule has 0 saturated carbocycles. The first-order valence-electron chi connectivity index (χ1n) is 7.22. The van der Waals surface area contributed by atoms with Crippen molar-refractivity contribution in [3.63, 3.8) is 0 Å². The summed E-state index contributed by atoms with van der Waals surface area (Å²) in [6, 6.07) is 8.69. The molecule has 3 rings (SSSR count). The van der Waals surface area contributed by atoms with Gasteiger partial charge in [0.05, 0.1) is 6.61 Å². The van der Waals surface area contributed by atoms with Crippen molar-refractivity contribution < 1.29 is 9.53 Å². The number of hydrogen-bond donors (Lipinski definition) is 0. The van der Waals surface area contributed by atoms with Gasteiger partial charge < -0.3 is 4.74 Å². The quantitative estimate of drug-likeness (QED) is 0.764. The average Bonchev–Trinajstić information content (AvgIpc) is 2.86. The van der Waals surface area contributed by atoms with Crippen LogP contribution < -0.4 is 0 Å². The summed E-state index contributed by atoms with van der Waals surface area (Å²) in [5.41, 5.74) is 2.87. The Morgan fingerprint density at radius 2 is 1.89 bits per heavy atom. The Balaban J connectivity index is 1.63. The highest BCUT2D eigenvalue weighted by atomic mass is 16.5. The molecule has 3 nitrogen and oxygen atoms in total. The van der Waals surface area contributed by atoms with Gasteiger partial charge in [0.15, 0.2) is 0 Å². The van der Waals surface area contributed by atoms with Crippen LogP contribution in [0.2, 0.25) is 0 Å². The van der Waals surface area contributed by atoms with Crippen molar-refractivity contribution in [3.05, 3.63) is 35.4 Å². The Morgan fingerprint density at radius 1 is 1.16 bits per heavy atom. The molecule has 0 N–H and O–H groups in total. The van der Waals surface area contributed by atoms with Crippen LogP contribution in [0.5, 0.6) is 0 Å². The van der Waals surface area contributed by atoms with Crippen molar-refractivity contribution in [1.29, 1.82) is 0 Å². The predicted octanol–water partition coefficient (Wildman–Crippen LogP) is 2.49. The topological polar surface area (TPSA) is 29.5 Å².